The number of halogens is 3. The van der Waals surface area contributed by atoms with Crippen LogP contribution in [0.3, 0.4) is 0 Å². The monoisotopic (exact) mass is 301 g/mol. The van der Waals surface area contributed by atoms with E-state index in [0.717, 1.165) is 25.3 Å². The van der Waals surface area contributed by atoms with Gasteiger partial charge in [0, 0.05) is 11.3 Å². The maximum atomic E-state index is 12.7. The van der Waals surface area contributed by atoms with Gasteiger partial charge < -0.3 is 10.5 Å². The first-order valence-electron chi connectivity index (χ1n) is 6.02. The predicted molar refractivity (Wildman–Crippen MR) is 70.6 cm³/mol. The van der Waals surface area contributed by atoms with Gasteiger partial charge in [-0.05, 0) is 32.0 Å². The second-order valence-electron chi connectivity index (χ2n) is 4.17. The zero-order chi connectivity index (χ0) is 16.2. The number of hydrogen-bond donors (Lipinski definition) is 1. The van der Waals surface area contributed by atoms with Crippen LogP contribution in [0.4, 0.5) is 18.9 Å². The molecule has 0 fully saturated rings. The van der Waals surface area contributed by atoms with Gasteiger partial charge in [-0.25, -0.2) is 0 Å². The summed E-state index contributed by atoms with van der Waals surface area (Å²) in [5.74, 6) is -1.52. The molecule has 1 rings (SSSR count). The summed E-state index contributed by atoms with van der Waals surface area (Å²) in [6.45, 7) is 2.96. The number of benzene rings is 1. The third kappa shape index (κ3) is 4.08. The van der Waals surface area contributed by atoms with E-state index in [2.05, 4.69) is 0 Å². The Labute approximate surface area is 119 Å². The first-order chi connectivity index (χ1) is 9.68. The van der Waals surface area contributed by atoms with E-state index in [0.29, 0.717) is 6.07 Å². The van der Waals surface area contributed by atoms with Crippen molar-refractivity contribution in [3.8, 4) is 0 Å². The number of nitrogen functional groups attached to an aromatic ring is 1. The van der Waals surface area contributed by atoms with E-state index in [4.69, 9.17) is 10.5 Å². The van der Waals surface area contributed by atoms with Gasteiger partial charge in [-0.15, -0.1) is 0 Å². The number of hydrogen-bond acceptors (Lipinski definition) is 4. The van der Waals surface area contributed by atoms with Gasteiger partial charge in [0.05, 0.1) is 24.0 Å². The molecule has 0 saturated carbocycles. The molecular weight excluding hydrogens is 287 g/mol. The van der Waals surface area contributed by atoms with E-state index in [1.54, 1.807) is 6.92 Å². The third-order valence-electron chi connectivity index (χ3n) is 2.62. The SMILES string of the molecule is CCO/C=C(\C(C)=O)C(=O)c1cc(C(F)(F)F)ccc1N. The summed E-state index contributed by atoms with van der Waals surface area (Å²) in [4.78, 5) is 23.6. The first-order valence-corrected chi connectivity index (χ1v) is 6.02. The number of rotatable bonds is 5. The van der Waals surface area contributed by atoms with Gasteiger partial charge in [0.2, 0.25) is 5.78 Å². The number of ether oxygens (including phenoxy) is 1. The highest BCUT2D eigenvalue weighted by Crippen LogP contribution is 2.31. The summed E-state index contributed by atoms with van der Waals surface area (Å²) >= 11 is 0. The molecule has 0 spiro atoms. The molecule has 2 N–H and O–H groups in total. The molecule has 0 saturated heterocycles. The number of alkyl halides is 3. The topological polar surface area (TPSA) is 69.4 Å². The van der Waals surface area contributed by atoms with Crippen molar-refractivity contribution in [1.29, 1.82) is 0 Å². The highest BCUT2D eigenvalue weighted by molar-refractivity contribution is 6.26. The maximum Gasteiger partial charge on any atom is 0.416 e. The lowest BCUT2D eigenvalue weighted by atomic mass is 9.98. The summed E-state index contributed by atoms with van der Waals surface area (Å²) in [6.07, 6.45) is -3.67. The van der Waals surface area contributed by atoms with Crippen molar-refractivity contribution in [2.24, 2.45) is 0 Å². The molecule has 0 radical (unpaired) electrons. The molecule has 114 valence electrons. The van der Waals surface area contributed by atoms with Gasteiger partial charge >= 0.3 is 6.18 Å². The van der Waals surface area contributed by atoms with Crippen LogP contribution in [0.25, 0.3) is 0 Å². The molecule has 0 aromatic heterocycles. The fourth-order valence-electron chi connectivity index (χ4n) is 1.54. The Kier molecular flexibility index (Phi) is 5.12. The van der Waals surface area contributed by atoms with Crippen LogP contribution in [-0.4, -0.2) is 18.2 Å². The Bertz CT molecular complexity index is 592. The molecule has 4 nitrogen and oxygen atoms in total. The highest BCUT2D eigenvalue weighted by Gasteiger charge is 2.32. The van der Waals surface area contributed by atoms with Crippen LogP contribution in [0.15, 0.2) is 30.0 Å². The lowest BCUT2D eigenvalue weighted by molar-refractivity contribution is -0.137. The van der Waals surface area contributed by atoms with E-state index in [9.17, 15) is 22.8 Å². The number of carbonyl (C=O) groups excluding carboxylic acids is 2. The van der Waals surface area contributed by atoms with Crippen molar-refractivity contribution in [3.63, 3.8) is 0 Å². The number of ketones is 2. The second kappa shape index (κ2) is 6.43. The lowest BCUT2D eigenvalue weighted by Gasteiger charge is -2.11. The van der Waals surface area contributed by atoms with Crippen molar-refractivity contribution in [3.05, 3.63) is 41.2 Å². The summed E-state index contributed by atoms with van der Waals surface area (Å²) in [5, 5.41) is 0. The fraction of sp³-hybridized carbons (Fsp3) is 0.286. The minimum Gasteiger partial charge on any atom is -0.501 e. The Morgan fingerprint density at radius 2 is 1.95 bits per heavy atom. The summed E-state index contributed by atoms with van der Waals surface area (Å²) < 4.78 is 42.9. The van der Waals surface area contributed by atoms with Crippen LogP contribution in [0, 0.1) is 0 Å². The Morgan fingerprint density at radius 3 is 2.43 bits per heavy atom. The number of anilines is 1. The van der Waals surface area contributed by atoms with Gasteiger partial charge in [-0.3, -0.25) is 9.59 Å². The van der Waals surface area contributed by atoms with E-state index in [1.165, 1.54) is 0 Å². The van der Waals surface area contributed by atoms with Crippen molar-refractivity contribution in [1.82, 2.24) is 0 Å². The Balaban J connectivity index is 3.31. The predicted octanol–water partition coefficient (Wildman–Crippen LogP) is 2.98. The number of allylic oxidation sites excluding steroid dienone is 1. The van der Waals surface area contributed by atoms with Gasteiger partial charge in [0.25, 0.3) is 0 Å². The first kappa shape index (κ1) is 16.7. The molecule has 0 aliphatic rings. The molecule has 0 amide bonds. The molecule has 7 heteroatoms. The van der Waals surface area contributed by atoms with E-state index < -0.39 is 23.3 Å². The van der Waals surface area contributed by atoms with Crippen LogP contribution in [-0.2, 0) is 15.7 Å². The van der Waals surface area contributed by atoms with Gasteiger partial charge in [-0.1, -0.05) is 0 Å². The van der Waals surface area contributed by atoms with Crippen molar-refractivity contribution >= 4 is 17.3 Å². The molecule has 0 bridgehead atoms. The zero-order valence-corrected chi connectivity index (χ0v) is 11.5. The number of carbonyl (C=O) groups is 2. The van der Waals surface area contributed by atoms with E-state index >= 15 is 0 Å². The van der Waals surface area contributed by atoms with Gasteiger partial charge in [0.1, 0.15) is 0 Å². The van der Waals surface area contributed by atoms with E-state index in [-0.39, 0.29) is 23.4 Å². The summed E-state index contributed by atoms with van der Waals surface area (Å²) in [6, 6.07) is 2.38. The average Bonchev–Trinajstić information content (AvgIpc) is 2.37. The minimum absolute atomic E-state index is 0.142. The standard InChI is InChI=1S/C14H14F3NO3/c1-3-21-7-11(8(2)19)13(20)10-6-9(14(15,16)17)4-5-12(10)18/h4-7H,3,18H2,1-2H3/b11-7+. The lowest BCUT2D eigenvalue weighted by Crippen LogP contribution is -2.15. The van der Waals surface area contributed by atoms with Crippen LogP contribution >= 0.6 is 0 Å². The normalized spacial score (nSPS) is 12.1. The average molecular weight is 301 g/mol. The molecular formula is C14H14F3NO3. The zero-order valence-electron chi connectivity index (χ0n) is 11.5. The Morgan fingerprint density at radius 1 is 1.33 bits per heavy atom. The molecule has 1 aromatic rings. The quantitative estimate of drug-likeness (QED) is 0.227. The number of Topliss-reactive ketones (excluding diaryl/α,β-unsaturated/α-hetero) is 2. The van der Waals surface area contributed by atoms with E-state index in [1.807, 2.05) is 0 Å². The molecule has 0 heterocycles. The maximum absolute atomic E-state index is 12.7. The second-order valence-corrected chi connectivity index (χ2v) is 4.17. The molecule has 0 unspecified atom stereocenters. The van der Waals surface area contributed by atoms with Crippen LogP contribution in [0.2, 0.25) is 0 Å². The fourth-order valence-corrected chi connectivity index (χ4v) is 1.54. The van der Waals surface area contributed by atoms with Crippen molar-refractivity contribution in [2.75, 3.05) is 12.3 Å². The molecule has 1 aromatic carbocycles. The highest BCUT2D eigenvalue weighted by atomic mass is 19.4. The van der Waals surface area contributed by atoms with Crippen LogP contribution < -0.4 is 5.73 Å². The smallest absolute Gasteiger partial charge is 0.416 e. The molecule has 0 atom stereocenters. The van der Waals surface area contributed by atoms with Crippen molar-refractivity contribution in [2.45, 2.75) is 20.0 Å². The molecule has 0 aliphatic heterocycles. The third-order valence-corrected chi connectivity index (χ3v) is 2.62. The molecule has 0 aliphatic carbocycles. The molecule has 21 heavy (non-hydrogen) atoms. The van der Waals surface area contributed by atoms with Crippen LogP contribution in [0.1, 0.15) is 29.8 Å². The van der Waals surface area contributed by atoms with Crippen molar-refractivity contribution < 1.29 is 27.5 Å². The number of nitrogens with two attached hydrogens (primary N) is 1. The summed E-state index contributed by atoms with van der Waals surface area (Å²) in [7, 11) is 0. The van der Waals surface area contributed by atoms with Crippen LogP contribution in [0.5, 0.6) is 0 Å². The minimum atomic E-state index is -4.61. The van der Waals surface area contributed by atoms with Gasteiger partial charge in [-0.2, -0.15) is 13.2 Å². The van der Waals surface area contributed by atoms with Gasteiger partial charge in [0.15, 0.2) is 5.78 Å². The summed E-state index contributed by atoms with van der Waals surface area (Å²) in [5.41, 5.74) is 3.63. The largest absolute Gasteiger partial charge is 0.501 e. The Hall–Kier alpha value is -2.31.